The summed E-state index contributed by atoms with van der Waals surface area (Å²) in [5.41, 5.74) is 4.84. The molecule has 1 heterocycles. The van der Waals surface area contributed by atoms with Gasteiger partial charge in [0.1, 0.15) is 6.61 Å². The molecule has 2 amide bonds. The summed E-state index contributed by atoms with van der Waals surface area (Å²) in [5, 5.41) is 2.68. The van der Waals surface area contributed by atoms with E-state index in [1.807, 2.05) is 29.2 Å². The molecule has 0 bridgehead atoms. The van der Waals surface area contributed by atoms with Gasteiger partial charge in [0.05, 0.1) is 13.1 Å². The molecule has 0 radical (unpaired) electrons. The Kier molecular flexibility index (Phi) is 6.54. The van der Waals surface area contributed by atoms with Crippen molar-refractivity contribution < 1.29 is 14.3 Å². The Morgan fingerprint density at radius 2 is 1.68 bits per heavy atom. The van der Waals surface area contributed by atoms with Gasteiger partial charge in [0.15, 0.2) is 0 Å². The molecule has 1 aliphatic carbocycles. The minimum atomic E-state index is -0.291. The molecule has 0 aromatic heterocycles. The largest absolute Gasteiger partial charge is 0.448 e. The molecule has 0 unspecified atom stereocenters. The normalized spacial score (nSPS) is 16.0. The predicted octanol–water partition coefficient (Wildman–Crippen LogP) is 2.69. The van der Waals surface area contributed by atoms with Crippen LogP contribution in [0.2, 0.25) is 0 Å². The second kappa shape index (κ2) is 9.67. The van der Waals surface area contributed by atoms with Gasteiger partial charge in [0.2, 0.25) is 5.91 Å². The van der Waals surface area contributed by atoms with Crippen molar-refractivity contribution in [3.63, 3.8) is 0 Å². The fraction of sp³-hybridized carbons (Fsp3) is 0.360. The maximum atomic E-state index is 12.8. The van der Waals surface area contributed by atoms with Gasteiger partial charge in [-0.15, -0.1) is 6.42 Å². The summed E-state index contributed by atoms with van der Waals surface area (Å²) in [6, 6.07) is 16.6. The summed E-state index contributed by atoms with van der Waals surface area (Å²) >= 11 is 0. The van der Waals surface area contributed by atoms with Gasteiger partial charge >= 0.3 is 6.09 Å². The monoisotopic (exact) mass is 417 g/mol. The number of hydrogen-bond acceptors (Lipinski definition) is 4. The van der Waals surface area contributed by atoms with Crippen LogP contribution in [-0.4, -0.2) is 67.7 Å². The van der Waals surface area contributed by atoms with E-state index in [1.165, 1.54) is 22.3 Å². The van der Waals surface area contributed by atoms with Crippen LogP contribution >= 0.6 is 0 Å². The number of fused-ring (bicyclic) bond motifs is 3. The Morgan fingerprint density at radius 1 is 1.00 bits per heavy atom. The average molecular weight is 418 g/mol. The number of nitrogens with zero attached hydrogens (tertiary/aromatic N) is 2. The summed E-state index contributed by atoms with van der Waals surface area (Å²) in [7, 11) is 0. The van der Waals surface area contributed by atoms with E-state index in [0.29, 0.717) is 32.8 Å². The van der Waals surface area contributed by atoms with Crippen LogP contribution in [0.1, 0.15) is 23.5 Å². The molecule has 1 aliphatic heterocycles. The van der Waals surface area contributed by atoms with Gasteiger partial charge < -0.3 is 15.0 Å². The van der Waals surface area contributed by atoms with Crippen LogP contribution in [0.4, 0.5) is 4.79 Å². The lowest BCUT2D eigenvalue weighted by atomic mass is 9.98. The summed E-state index contributed by atoms with van der Waals surface area (Å²) < 4.78 is 5.77. The van der Waals surface area contributed by atoms with Crippen LogP contribution in [0, 0.1) is 12.3 Å². The molecule has 31 heavy (non-hydrogen) atoms. The molecule has 4 rings (SSSR count). The molecular weight excluding hydrogens is 390 g/mol. The van der Waals surface area contributed by atoms with Crippen molar-refractivity contribution in [2.75, 3.05) is 45.9 Å². The van der Waals surface area contributed by atoms with Crippen molar-refractivity contribution in [3.05, 3.63) is 59.7 Å². The first-order valence-corrected chi connectivity index (χ1v) is 10.7. The van der Waals surface area contributed by atoms with E-state index in [9.17, 15) is 9.59 Å². The van der Waals surface area contributed by atoms with Crippen molar-refractivity contribution in [2.45, 2.75) is 12.3 Å². The third-order valence-corrected chi connectivity index (χ3v) is 5.94. The van der Waals surface area contributed by atoms with Gasteiger partial charge in [-0.2, -0.15) is 0 Å². The Hall–Kier alpha value is -3.30. The quantitative estimate of drug-likeness (QED) is 0.760. The highest BCUT2D eigenvalue weighted by Crippen LogP contribution is 2.44. The van der Waals surface area contributed by atoms with E-state index >= 15 is 0 Å². The SMILES string of the molecule is C#CCNC(=O)CN1CCCN(C(=O)OCC2c3ccccc3-c3ccccc32)CC1. The number of ether oxygens (including phenoxy) is 1. The third kappa shape index (κ3) is 4.73. The highest BCUT2D eigenvalue weighted by Gasteiger charge is 2.30. The Morgan fingerprint density at radius 3 is 2.35 bits per heavy atom. The van der Waals surface area contributed by atoms with Crippen LogP contribution < -0.4 is 5.32 Å². The van der Waals surface area contributed by atoms with Crippen molar-refractivity contribution in [2.24, 2.45) is 0 Å². The fourth-order valence-electron chi connectivity index (χ4n) is 4.41. The first-order chi connectivity index (χ1) is 15.2. The second-order valence-corrected chi connectivity index (χ2v) is 7.90. The van der Waals surface area contributed by atoms with Crippen molar-refractivity contribution >= 4 is 12.0 Å². The van der Waals surface area contributed by atoms with Crippen LogP contribution in [0.25, 0.3) is 11.1 Å². The lowest BCUT2D eigenvalue weighted by Gasteiger charge is -2.22. The zero-order chi connectivity index (χ0) is 21.6. The van der Waals surface area contributed by atoms with Crippen LogP contribution in [0.15, 0.2) is 48.5 Å². The van der Waals surface area contributed by atoms with E-state index in [1.54, 1.807) is 4.90 Å². The lowest BCUT2D eigenvalue weighted by Crippen LogP contribution is -2.40. The van der Waals surface area contributed by atoms with Gasteiger partial charge in [-0.05, 0) is 28.7 Å². The number of terminal acetylenes is 1. The number of carbonyl (C=O) groups excluding carboxylic acids is 2. The van der Waals surface area contributed by atoms with Gasteiger partial charge in [-0.1, -0.05) is 54.5 Å². The van der Waals surface area contributed by atoms with E-state index in [-0.39, 0.29) is 24.5 Å². The molecule has 2 aromatic rings. The van der Waals surface area contributed by atoms with Gasteiger partial charge in [0.25, 0.3) is 0 Å². The highest BCUT2D eigenvalue weighted by atomic mass is 16.6. The average Bonchev–Trinajstić information content (AvgIpc) is 2.92. The molecule has 0 spiro atoms. The molecule has 0 saturated carbocycles. The molecule has 1 fully saturated rings. The van der Waals surface area contributed by atoms with Crippen LogP contribution in [-0.2, 0) is 9.53 Å². The summed E-state index contributed by atoms with van der Waals surface area (Å²) in [5.74, 6) is 2.36. The zero-order valence-electron chi connectivity index (χ0n) is 17.5. The smallest absolute Gasteiger partial charge is 0.409 e. The standard InChI is InChI=1S/C25H27N3O3/c1-2-12-26-24(29)17-27-13-7-14-28(16-15-27)25(30)31-18-23-21-10-5-3-8-19(21)20-9-4-6-11-22(20)23/h1,3-6,8-11,23H,7,12-18H2,(H,26,29). The molecule has 6 heteroatoms. The number of hydrogen-bond donors (Lipinski definition) is 1. The Labute approximate surface area is 183 Å². The topological polar surface area (TPSA) is 61.9 Å². The molecular formula is C25H27N3O3. The maximum Gasteiger partial charge on any atom is 0.409 e. The van der Waals surface area contributed by atoms with Gasteiger partial charge in [-0.25, -0.2) is 4.79 Å². The minimum Gasteiger partial charge on any atom is -0.448 e. The van der Waals surface area contributed by atoms with Crippen molar-refractivity contribution in [1.82, 2.24) is 15.1 Å². The number of carbonyl (C=O) groups is 2. The van der Waals surface area contributed by atoms with E-state index in [4.69, 9.17) is 11.2 Å². The molecule has 160 valence electrons. The number of amides is 2. The molecule has 2 aliphatic rings. The molecule has 1 N–H and O–H groups in total. The minimum absolute atomic E-state index is 0.0553. The van der Waals surface area contributed by atoms with Gasteiger partial charge in [-0.3, -0.25) is 9.69 Å². The number of nitrogens with one attached hydrogen (secondary N) is 1. The Bertz CT molecular complexity index is 952. The van der Waals surface area contributed by atoms with Crippen molar-refractivity contribution in [1.29, 1.82) is 0 Å². The summed E-state index contributed by atoms with van der Waals surface area (Å²) in [6.07, 6.45) is 5.68. The zero-order valence-corrected chi connectivity index (χ0v) is 17.5. The molecule has 0 atom stereocenters. The predicted molar refractivity (Wildman–Crippen MR) is 120 cm³/mol. The summed E-state index contributed by atoms with van der Waals surface area (Å²) in [6.45, 7) is 3.41. The van der Waals surface area contributed by atoms with Crippen LogP contribution in [0.3, 0.4) is 0 Å². The first kappa shape index (κ1) is 21.0. The van der Waals surface area contributed by atoms with E-state index in [2.05, 4.69) is 35.5 Å². The molecule has 1 saturated heterocycles. The van der Waals surface area contributed by atoms with E-state index < -0.39 is 0 Å². The second-order valence-electron chi connectivity index (χ2n) is 7.90. The van der Waals surface area contributed by atoms with Gasteiger partial charge in [0, 0.05) is 32.1 Å². The number of benzene rings is 2. The van der Waals surface area contributed by atoms with Crippen molar-refractivity contribution in [3.8, 4) is 23.5 Å². The Balaban J connectivity index is 1.33. The third-order valence-electron chi connectivity index (χ3n) is 5.94. The first-order valence-electron chi connectivity index (χ1n) is 10.7. The number of rotatable bonds is 5. The lowest BCUT2D eigenvalue weighted by molar-refractivity contribution is -0.121. The fourth-order valence-corrected chi connectivity index (χ4v) is 4.41. The maximum absolute atomic E-state index is 12.8. The molecule has 6 nitrogen and oxygen atoms in total. The van der Waals surface area contributed by atoms with E-state index in [0.717, 1.165) is 13.0 Å². The molecule has 2 aromatic carbocycles. The van der Waals surface area contributed by atoms with Crippen LogP contribution in [0.5, 0.6) is 0 Å². The summed E-state index contributed by atoms with van der Waals surface area (Å²) in [4.78, 5) is 28.5. The highest BCUT2D eigenvalue weighted by molar-refractivity contribution is 5.79.